The van der Waals surface area contributed by atoms with Crippen molar-refractivity contribution in [3.05, 3.63) is 51.9 Å². The molecule has 2 aromatic rings. The van der Waals surface area contributed by atoms with E-state index in [2.05, 4.69) is 0 Å². The fraction of sp³-hybridized carbons (Fsp3) is 0.143. The average Bonchev–Trinajstić information content (AvgIpc) is 2.92. The maximum atomic E-state index is 12.4. The molecule has 3 nitrogen and oxygen atoms in total. The number of rotatable bonds is 1. The number of anilines is 1. The number of carbonyl (C=O) groups excluding carboxylic acids is 2. The maximum absolute atomic E-state index is 12.4. The van der Waals surface area contributed by atoms with E-state index >= 15 is 0 Å². The molecule has 0 unspecified atom stereocenters. The molecule has 0 saturated heterocycles. The Kier molecular flexibility index (Phi) is 2.35. The van der Waals surface area contributed by atoms with Gasteiger partial charge in [0, 0.05) is 0 Å². The summed E-state index contributed by atoms with van der Waals surface area (Å²) in [6.07, 6.45) is 0. The fourth-order valence-corrected chi connectivity index (χ4v) is 3.00. The van der Waals surface area contributed by atoms with Gasteiger partial charge in [0.25, 0.3) is 11.8 Å². The summed E-state index contributed by atoms with van der Waals surface area (Å²) in [7, 11) is 0. The first-order valence-electron chi connectivity index (χ1n) is 5.63. The molecule has 0 N–H and O–H groups in total. The molecule has 1 aliphatic heterocycles. The standard InChI is InChI=1S/C14H11NO2S/c1-8-5-6-9(2)12-11(8)13(16)15(14(12)17)10-4-3-7-18-10/h3-7H,1-2H3. The minimum atomic E-state index is -0.210. The first-order valence-corrected chi connectivity index (χ1v) is 6.51. The second-order valence-electron chi connectivity index (χ2n) is 4.35. The molecule has 0 aliphatic carbocycles. The Morgan fingerprint density at radius 3 is 1.94 bits per heavy atom. The molecule has 2 amide bonds. The number of hydrogen-bond donors (Lipinski definition) is 0. The molecule has 4 heteroatoms. The summed E-state index contributed by atoms with van der Waals surface area (Å²) < 4.78 is 0. The van der Waals surface area contributed by atoms with Gasteiger partial charge >= 0.3 is 0 Å². The lowest BCUT2D eigenvalue weighted by molar-refractivity contribution is 0.0927. The summed E-state index contributed by atoms with van der Waals surface area (Å²) >= 11 is 1.39. The molecule has 1 aromatic carbocycles. The Morgan fingerprint density at radius 2 is 1.50 bits per heavy atom. The summed E-state index contributed by atoms with van der Waals surface area (Å²) in [5.74, 6) is -0.419. The molecule has 3 rings (SSSR count). The third-order valence-corrected chi connectivity index (χ3v) is 4.04. The maximum Gasteiger partial charge on any atom is 0.267 e. The van der Waals surface area contributed by atoms with E-state index in [0.29, 0.717) is 16.1 Å². The lowest BCUT2D eigenvalue weighted by atomic mass is 9.99. The van der Waals surface area contributed by atoms with Gasteiger partial charge in [0.2, 0.25) is 0 Å². The number of fused-ring (bicyclic) bond motifs is 1. The molecule has 0 saturated carbocycles. The Balaban J connectivity index is 2.23. The molecule has 2 heterocycles. The van der Waals surface area contributed by atoms with Crippen LogP contribution in [0.15, 0.2) is 29.6 Å². The fourth-order valence-electron chi connectivity index (χ4n) is 2.28. The normalized spacial score (nSPS) is 14.2. The number of carbonyl (C=O) groups is 2. The topological polar surface area (TPSA) is 37.4 Å². The van der Waals surface area contributed by atoms with Crippen LogP contribution in [0.5, 0.6) is 0 Å². The predicted molar refractivity (Wildman–Crippen MR) is 71.4 cm³/mol. The zero-order valence-electron chi connectivity index (χ0n) is 10.1. The number of aryl methyl sites for hydroxylation is 2. The molecule has 0 bridgehead atoms. The van der Waals surface area contributed by atoms with Crippen LogP contribution in [-0.4, -0.2) is 11.8 Å². The van der Waals surface area contributed by atoms with Gasteiger partial charge < -0.3 is 0 Å². The second kappa shape index (κ2) is 3.78. The smallest absolute Gasteiger partial charge is 0.267 e. The Labute approximate surface area is 109 Å². The largest absolute Gasteiger partial charge is 0.268 e. The van der Waals surface area contributed by atoms with Crippen LogP contribution >= 0.6 is 11.3 Å². The van der Waals surface area contributed by atoms with Crippen LogP contribution in [0.2, 0.25) is 0 Å². The molecule has 1 aliphatic rings. The van der Waals surface area contributed by atoms with Crippen molar-refractivity contribution in [2.24, 2.45) is 0 Å². The molecule has 18 heavy (non-hydrogen) atoms. The van der Waals surface area contributed by atoms with Gasteiger partial charge in [0.15, 0.2) is 0 Å². The van der Waals surface area contributed by atoms with E-state index in [9.17, 15) is 9.59 Å². The van der Waals surface area contributed by atoms with Crippen LogP contribution in [0, 0.1) is 13.8 Å². The van der Waals surface area contributed by atoms with Crippen molar-refractivity contribution in [2.75, 3.05) is 4.90 Å². The zero-order valence-corrected chi connectivity index (χ0v) is 10.9. The van der Waals surface area contributed by atoms with Gasteiger partial charge in [0.1, 0.15) is 5.00 Å². The van der Waals surface area contributed by atoms with Gasteiger partial charge in [0.05, 0.1) is 11.1 Å². The summed E-state index contributed by atoms with van der Waals surface area (Å²) in [6, 6.07) is 7.40. The van der Waals surface area contributed by atoms with Gasteiger partial charge in [-0.25, -0.2) is 4.90 Å². The van der Waals surface area contributed by atoms with Crippen LogP contribution in [0.4, 0.5) is 5.00 Å². The van der Waals surface area contributed by atoms with Gasteiger partial charge in [-0.05, 0) is 42.5 Å². The van der Waals surface area contributed by atoms with Crippen molar-refractivity contribution in [3.63, 3.8) is 0 Å². The highest BCUT2D eigenvalue weighted by atomic mass is 32.1. The Bertz CT molecular complexity index is 618. The van der Waals surface area contributed by atoms with Gasteiger partial charge in [-0.2, -0.15) is 0 Å². The molecule has 0 spiro atoms. The van der Waals surface area contributed by atoms with Gasteiger partial charge in [-0.15, -0.1) is 11.3 Å². The first kappa shape index (κ1) is 11.2. The van der Waals surface area contributed by atoms with Crippen molar-refractivity contribution < 1.29 is 9.59 Å². The average molecular weight is 257 g/mol. The number of benzene rings is 1. The highest BCUT2D eigenvalue weighted by Gasteiger charge is 2.39. The van der Waals surface area contributed by atoms with E-state index < -0.39 is 0 Å². The number of nitrogens with zero attached hydrogens (tertiary/aromatic N) is 1. The van der Waals surface area contributed by atoms with Gasteiger partial charge in [-0.3, -0.25) is 9.59 Å². The van der Waals surface area contributed by atoms with Crippen LogP contribution in [-0.2, 0) is 0 Å². The van der Waals surface area contributed by atoms with Gasteiger partial charge in [-0.1, -0.05) is 12.1 Å². The highest BCUT2D eigenvalue weighted by molar-refractivity contribution is 7.14. The molecule has 0 fully saturated rings. The predicted octanol–water partition coefficient (Wildman–Crippen LogP) is 3.17. The minimum absolute atomic E-state index is 0.210. The van der Waals surface area contributed by atoms with Crippen molar-refractivity contribution in [2.45, 2.75) is 13.8 Å². The molecule has 90 valence electrons. The van der Waals surface area contributed by atoms with E-state index in [4.69, 9.17) is 0 Å². The van der Waals surface area contributed by atoms with Crippen molar-refractivity contribution in [1.29, 1.82) is 0 Å². The van der Waals surface area contributed by atoms with E-state index in [0.717, 1.165) is 11.1 Å². The number of hydrogen-bond acceptors (Lipinski definition) is 3. The first-order chi connectivity index (χ1) is 8.61. The van der Waals surface area contributed by atoms with Crippen LogP contribution in [0.1, 0.15) is 31.8 Å². The number of thiophene rings is 1. The summed E-state index contributed by atoms with van der Waals surface area (Å²) in [5, 5.41) is 2.54. The lowest BCUT2D eigenvalue weighted by Gasteiger charge is -2.10. The molecule has 0 atom stereocenters. The van der Waals surface area contributed by atoms with E-state index in [-0.39, 0.29) is 11.8 Å². The Hall–Kier alpha value is -1.94. The Morgan fingerprint density at radius 1 is 0.944 bits per heavy atom. The van der Waals surface area contributed by atoms with Crippen LogP contribution in [0.25, 0.3) is 0 Å². The lowest BCUT2D eigenvalue weighted by Crippen LogP contribution is -2.28. The quantitative estimate of drug-likeness (QED) is 0.736. The number of amides is 2. The SMILES string of the molecule is Cc1ccc(C)c2c1C(=O)N(c1cccs1)C2=O. The third kappa shape index (κ3) is 1.36. The molecule has 0 radical (unpaired) electrons. The van der Waals surface area contributed by atoms with Crippen molar-refractivity contribution in [1.82, 2.24) is 0 Å². The van der Waals surface area contributed by atoms with Crippen molar-refractivity contribution >= 4 is 28.2 Å². The summed E-state index contributed by atoms with van der Waals surface area (Å²) in [5.41, 5.74) is 2.81. The van der Waals surface area contributed by atoms with Crippen molar-refractivity contribution in [3.8, 4) is 0 Å². The number of imide groups is 1. The summed E-state index contributed by atoms with van der Waals surface area (Å²) in [6.45, 7) is 3.72. The minimum Gasteiger partial charge on any atom is -0.268 e. The molecular weight excluding hydrogens is 246 g/mol. The summed E-state index contributed by atoms with van der Waals surface area (Å²) in [4.78, 5) is 26.1. The van der Waals surface area contributed by atoms with E-state index in [1.807, 2.05) is 37.4 Å². The monoisotopic (exact) mass is 257 g/mol. The molecular formula is C14H11NO2S. The van der Waals surface area contributed by atoms with E-state index in [1.165, 1.54) is 16.2 Å². The van der Waals surface area contributed by atoms with E-state index in [1.54, 1.807) is 6.07 Å². The van der Waals surface area contributed by atoms with Crippen LogP contribution < -0.4 is 4.90 Å². The third-order valence-electron chi connectivity index (χ3n) is 3.18. The highest BCUT2D eigenvalue weighted by Crippen LogP contribution is 2.34. The second-order valence-corrected chi connectivity index (χ2v) is 5.27. The molecule has 1 aromatic heterocycles. The van der Waals surface area contributed by atoms with Crippen LogP contribution in [0.3, 0.4) is 0 Å². The zero-order chi connectivity index (χ0) is 12.9.